The van der Waals surface area contributed by atoms with E-state index in [0.717, 1.165) is 0 Å². The minimum Gasteiger partial charge on any atom is -0.507 e. The molecule has 0 saturated carbocycles. The fourth-order valence-electron chi connectivity index (χ4n) is 1.03. The van der Waals surface area contributed by atoms with E-state index in [-0.39, 0.29) is 5.75 Å². The molecule has 0 heterocycles. The molecule has 0 spiro atoms. The zero-order chi connectivity index (χ0) is 12.3. The summed E-state index contributed by atoms with van der Waals surface area (Å²) >= 11 is 3.17. The van der Waals surface area contributed by atoms with Crippen molar-refractivity contribution in [3.05, 3.63) is 22.7 Å². The van der Waals surface area contributed by atoms with E-state index in [1.54, 1.807) is 32.9 Å². The van der Waals surface area contributed by atoms with E-state index in [1.807, 2.05) is 0 Å². The standard InChI is InChI=1S/C11H14BrNO3/c1-11(2,3)16-10(15)13-7-5-4-6-8(14)9(7)12/h4-6,14H,1-3H3,(H,13,15). The van der Waals surface area contributed by atoms with Gasteiger partial charge in [-0.15, -0.1) is 0 Å². The van der Waals surface area contributed by atoms with Crippen LogP contribution in [0.3, 0.4) is 0 Å². The molecule has 1 aromatic carbocycles. The summed E-state index contributed by atoms with van der Waals surface area (Å²) in [7, 11) is 0. The normalized spacial score (nSPS) is 11.0. The molecule has 16 heavy (non-hydrogen) atoms. The molecule has 1 rings (SSSR count). The topological polar surface area (TPSA) is 58.6 Å². The van der Waals surface area contributed by atoms with Crippen molar-refractivity contribution in [2.75, 3.05) is 5.32 Å². The van der Waals surface area contributed by atoms with Gasteiger partial charge in [-0.25, -0.2) is 4.79 Å². The number of rotatable bonds is 1. The van der Waals surface area contributed by atoms with Crippen molar-refractivity contribution in [2.45, 2.75) is 26.4 Å². The van der Waals surface area contributed by atoms with Crippen molar-refractivity contribution in [2.24, 2.45) is 0 Å². The molecular formula is C11H14BrNO3. The van der Waals surface area contributed by atoms with E-state index in [1.165, 1.54) is 6.07 Å². The second-order valence-corrected chi connectivity index (χ2v) is 5.06. The summed E-state index contributed by atoms with van der Waals surface area (Å²) in [5.74, 6) is 0.0635. The molecular weight excluding hydrogens is 274 g/mol. The molecule has 0 radical (unpaired) electrons. The van der Waals surface area contributed by atoms with Gasteiger partial charge in [0.25, 0.3) is 0 Å². The Hall–Kier alpha value is -1.23. The molecule has 0 aromatic heterocycles. The lowest BCUT2D eigenvalue weighted by atomic mass is 10.2. The highest BCUT2D eigenvalue weighted by Gasteiger charge is 2.17. The van der Waals surface area contributed by atoms with Gasteiger partial charge in [0.05, 0.1) is 10.2 Å². The highest BCUT2D eigenvalue weighted by molar-refractivity contribution is 9.10. The SMILES string of the molecule is CC(C)(C)OC(=O)Nc1cccc(O)c1Br. The van der Waals surface area contributed by atoms with Crippen molar-refractivity contribution in [3.8, 4) is 5.75 Å². The van der Waals surface area contributed by atoms with Crippen molar-refractivity contribution in [3.63, 3.8) is 0 Å². The lowest BCUT2D eigenvalue weighted by Gasteiger charge is -2.20. The van der Waals surface area contributed by atoms with Gasteiger partial charge in [-0.3, -0.25) is 5.32 Å². The highest BCUT2D eigenvalue weighted by Crippen LogP contribution is 2.31. The molecule has 0 unspecified atom stereocenters. The van der Waals surface area contributed by atoms with E-state index < -0.39 is 11.7 Å². The van der Waals surface area contributed by atoms with Gasteiger partial charge in [0.2, 0.25) is 0 Å². The maximum absolute atomic E-state index is 11.5. The zero-order valence-corrected chi connectivity index (χ0v) is 11.0. The number of hydrogen-bond acceptors (Lipinski definition) is 3. The molecule has 0 bridgehead atoms. The lowest BCUT2D eigenvalue weighted by molar-refractivity contribution is 0.0636. The Balaban J connectivity index is 2.74. The van der Waals surface area contributed by atoms with E-state index in [4.69, 9.17) is 4.74 Å². The van der Waals surface area contributed by atoms with E-state index in [9.17, 15) is 9.90 Å². The summed E-state index contributed by atoms with van der Waals surface area (Å²) < 4.78 is 5.52. The number of phenolic OH excluding ortho intramolecular Hbond substituents is 1. The van der Waals surface area contributed by atoms with Crippen LogP contribution in [0.1, 0.15) is 20.8 Å². The number of carbonyl (C=O) groups is 1. The molecule has 2 N–H and O–H groups in total. The zero-order valence-electron chi connectivity index (χ0n) is 9.37. The molecule has 4 nitrogen and oxygen atoms in total. The largest absolute Gasteiger partial charge is 0.507 e. The second kappa shape index (κ2) is 4.74. The van der Waals surface area contributed by atoms with Crippen LogP contribution in [0.2, 0.25) is 0 Å². The Bertz CT molecular complexity index is 399. The summed E-state index contributed by atoms with van der Waals surface area (Å²) in [5, 5.41) is 11.9. The quantitative estimate of drug-likeness (QED) is 0.831. The molecule has 0 saturated heterocycles. The van der Waals surface area contributed by atoms with Gasteiger partial charge in [0.15, 0.2) is 0 Å². The number of amides is 1. The Labute approximate surface area is 103 Å². The summed E-state index contributed by atoms with van der Waals surface area (Å²) in [4.78, 5) is 11.5. The molecule has 1 aromatic rings. The first-order valence-corrected chi connectivity index (χ1v) is 5.56. The second-order valence-electron chi connectivity index (χ2n) is 4.27. The summed E-state index contributed by atoms with van der Waals surface area (Å²) in [6.45, 7) is 5.35. The van der Waals surface area contributed by atoms with Gasteiger partial charge in [-0.05, 0) is 48.8 Å². The number of aromatic hydroxyl groups is 1. The van der Waals surface area contributed by atoms with Crippen LogP contribution in [-0.2, 0) is 4.74 Å². The summed E-state index contributed by atoms with van der Waals surface area (Å²) in [5.41, 5.74) is -0.0813. The molecule has 0 aliphatic heterocycles. The van der Waals surface area contributed by atoms with Crippen LogP contribution in [0.5, 0.6) is 5.75 Å². The van der Waals surface area contributed by atoms with Crippen molar-refractivity contribution < 1.29 is 14.6 Å². The first kappa shape index (κ1) is 12.8. The van der Waals surface area contributed by atoms with Gasteiger partial charge in [0.1, 0.15) is 11.4 Å². The van der Waals surface area contributed by atoms with Crippen molar-refractivity contribution in [1.82, 2.24) is 0 Å². The van der Waals surface area contributed by atoms with Crippen LogP contribution in [0.4, 0.5) is 10.5 Å². The molecule has 0 aliphatic carbocycles. The number of hydrogen-bond donors (Lipinski definition) is 2. The fraction of sp³-hybridized carbons (Fsp3) is 0.364. The minimum absolute atomic E-state index is 0.0635. The third-order valence-corrected chi connectivity index (χ3v) is 2.45. The first-order chi connectivity index (χ1) is 7.29. The van der Waals surface area contributed by atoms with Crippen LogP contribution in [0.15, 0.2) is 22.7 Å². The van der Waals surface area contributed by atoms with Gasteiger partial charge in [-0.2, -0.15) is 0 Å². The number of ether oxygens (including phenoxy) is 1. The van der Waals surface area contributed by atoms with Gasteiger partial charge >= 0.3 is 6.09 Å². The first-order valence-electron chi connectivity index (χ1n) is 4.77. The van der Waals surface area contributed by atoms with Gasteiger partial charge < -0.3 is 9.84 Å². The highest BCUT2D eigenvalue weighted by atomic mass is 79.9. The molecule has 88 valence electrons. The fourth-order valence-corrected chi connectivity index (χ4v) is 1.39. The average molecular weight is 288 g/mol. The van der Waals surface area contributed by atoms with Crippen LogP contribution in [0.25, 0.3) is 0 Å². The predicted octanol–water partition coefficient (Wildman–Crippen LogP) is 3.50. The van der Waals surface area contributed by atoms with Crippen LogP contribution in [0, 0.1) is 0 Å². The number of halogens is 1. The Morgan fingerprint density at radius 2 is 2.06 bits per heavy atom. The third kappa shape index (κ3) is 3.73. The lowest BCUT2D eigenvalue weighted by Crippen LogP contribution is -2.27. The predicted molar refractivity (Wildman–Crippen MR) is 65.7 cm³/mol. The Morgan fingerprint density at radius 3 is 2.62 bits per heavy atom. The summed E-state index contributed by atoms with van der Waals surface area (Å²) in [6, 6.07) is 4.81. The number of phenols is 1. The van der Waals surface area contributed by atoms with Gasteiger partial charge in [-0.1, -0.05) is 6.07 Å². The Kier molecular flexibility index (Phi) is 3.80. The maximum atomic E-state index is 11.5. The van der Waals surface area contributed by atoms with E-state index >= 15 is 0 Å². The molecule has 0 atom stereocenters. The maximum Gasteiger partial charge on any atom is 0.412 e. The van der Waals surface area contributed by atoms with E-state index in [0.29, 0.717) is 10.2 Å². The van der Waals surface area contributed by atoms with Crippen LogP contribution >= 0.6 is 15.9 Å². The minimum atomic E-state index is -0.557. The molecule has 0 fully saturated rings. The smallest absolute Gasteiger partial charge is 0.412 e. The molecule has 1 amide bonds. The molecule has 5 heteroatoms. The number of nitrogens with one attached hydrogen (secondary N) is 1. The summed E-state index contributed by atoms with van der Waals surface area (Å²) in [6.07, 6.45) is -0.557. The third-order valence-electron chi connectivity index (χ3n) is 1.61. The average Bonchev–Trinajstić information content (AvgIpc) is 2.09. The van der Waals surface area contributed by atoms with Gasteiger partial charge in [0, 0.05) is 0 Å². The van der Waals surface area contributed by atoms with Crippen molar-refractivity contribution >= 4 is 27.7 Å². The van der Waals surface area contributed by atoms with Crippen LogP contribution < -0.4 is 5.32 Å². The van der Waals surface area contributed by atoms with Crippen LogP contribution in [-0.4, -0.2) is 16.8 Å². The van der Waals surface area contributed by atoms with Crippen molar-refractivity contribution in [1.29, 1.82) is 0 Å². The number of benzene rings is 1. The monoisotopic (exact) mass is 287 g/mol. The number of carbonyl (C=O) groups excluding carboxylic acids is 1. The number of anilines is 1. The molecule has 0 aliphatic rings. The van der Waals surface area contributed by atoms with E-state index in [2.05, 4.69) is 21.2 Å². The Morgan fingerprint density at radius 1 is 1.44 bits per heavy atom.